The zero-order chi connectivity index (χ0) is 16.6. The van der Waals surface area contributed by atoms with Crippen molar-refractivity contribution < 1.29 is 9.59 Å². The van der Waals surface area contributed by atoms with Crippen LogP contribution in [0.5, 0.6) is 0 Å². The number of hydrogen-bond donors (Lipinski definition) is 1. The van der Waals surface area contributed by atoms with E-state index >= 15 is 0 Å². The fourth-order valence-corrected chi connectivity index (χ4v) is 3.60. The second-order valence-corrected chi connectivity index (χ2v) is 6.49. The van der Waals surface area contributed by atoms with Crippen LogP contribution in [0.15, 0.2) is 0 Å². The van der Waals surface area contributed by atoms with Crippen molar-refractivity contribution in [2.24, 2.45) is 7.05 Å². The summed E-state index contributed by atoms with van der Waals surface area (Å²) in [5.74, 6) is 0.161. The van der Waals surface area contributed by atoms with E-state index in [0.29, 0.717) is 6.42 Å². The SMILES string of the molecule is Cc1nn(C)c(C)c1CC(=O)N1CCC(N2CCNC2=O)CC1. The molecule has 7 nitrogen and oxygen atoms in total. The predicted octanol–water partition coefficient (Wildman–Crippen LogP) is 0.596. The van der Waals surface area contributed by atoms with Crippen LogP contribution in [0.25, 0.3) is 0 Å². The Hall–Kier alpha value is -2.05. The number of urea groups is 1. The molecule has 23 heavy (non-hydrogen) atoms. The molecule has 3 amide bonds. The highest BCUT2D eigenvalue weighted by atomic mass is 16.2. The minimum atomic E-state index is 0.0383. The largest absolute Gasteiger partial charge is 0.342 e. The Morgan fingerprint density at radius 2 is 1.96 bits per heavy atom. The van der Waals surface area contributed by atoms with Crippen LogP contribution in [0, 0.1) is 13.8 Å². The van der Waals surface area contributed by atoms with E-state index in [2.05, 4.69) is 10.4 Å². The molecule has 3 rings (SSSR count). The molecule has 2 aliphatic rings. The normalized spacial score (nSPS) is 19.3. The maximum Gasteiger partial charge on any atom is 0.317 e. The van der Waals surface area contributed by atoms with Crippen LogP contribution in [0.4, 0.5) is 4.79 Å². The van der Waals surface area contributed by atoms with E-state index in [1.54, 1.807) is 0 Å². The van der Waals surface area contributed by atoms with Gasteiger partial charge >= 0.3 is 6.03 Å². The van der Waals surface area contributed by atoms with Crippen LogP contribution in [0.1, 0.15) is 29.8 Å². The molecule has 2 saturated heterocycles. The standard InChI is InChI=1S/C16H25N5O2/c1-11-14(12(2)19(3)18-11)10-15(22)20-7-4-13(5-8-20)21-9-6-17-16(21)23/h13H,4-10H2,1-3H3,(H,17,23). The van der Waals surface area contributed by atoms with Crippen molar-refractivity contribution in [3.8, 4) is 0 Å². The summed E-state index contributed by atoms with van der Waals surface area (Å²) in [4.78, 5) is 28.1. The van der Waals surface area contributed by atoms with Crippen molar-refractivity contribution in [2.45, 2.75) is 39.2 Å². The first-order valence-electron chi connectivity index (χ1n) is 8.28. The number of aromatic nitrogens is 2. The van der Waals surface area contributed by atoms with Gasteiger partial charge in [0.25, 0.3) is 0 Å². The first kappa shape index (κ1) is 15.8. The Bertz CT molecular complexity index is 616. The van der Waals surface area contributed by atoms with Gasteiger partial charge in [0, 0.05) is 50.5 Å². The molecule has 0 aliphatic carbocycles. The number of hydrogen-bond acceptors (Lipinski definition) is 3. The van der Waals surface area contributed by atoms with Crippen LogP contribution >= 0.6 is 0 Å². The van der Waals surface area contributed by atoms with E-state index in [-0.39, 0.29) is 18.0 Å². The molecule has 2 fully saturated rings. The van der Waals surface area contributed by atoms with Gasteiger partial charge < -0.3 is 15.1 Å². The molecule has 0 spiro atoms. The fraction of sp³-hybridized carbons (Fsp3) is 0.688. The molecule has 126 valence electrons. The van der Waals surface area contributed by atoms with Gasteiger partial charge in [0.15, 0.2) is 0 Å². The Morgan fingerprint density at radius 3 is 2.48 bits per heavy atom. The van der Waals surface area contributed by atoms with Crippen LogP contribution in [0.3, 0.4) is 0 Å². The molecule has 0 aromatic carbocycles. The van der Waals surface area contributed by atoms with Crippen LogP contribution < -0.4 is 5.32 Å². The van der Waals surface area contributed by atoms with Crippen molar-refractivity contribution >= 4 is 11.9 Å². The highest BCUT2D eigenvalue weighted by molar-refractivity contribution is 5.79. The predicted molar refractivity (Wildman–Crippen MR) is 86.1 cm³/mol. The molecular formula is C16H25N5O2. The number of aryl methyl sites for hydroxylation is 2. The van der Waals surface area contributed by atoms with E-state index in [1.165, 1.54) is 0 Å². The van der Waals surface area contributed by atoms with E-state index < -0.39 is 0 Å². The number of piperidine rings is 1. The van der Waals surface area contributed by atoms with Gasteiger partial charge in [0.05, 0.1) is 12.1 Å². The maximum atomic E-state index is 12.6. The van der Waals surface area contributed by atoms with Crippen molar-refractivity contribution in [1.82, 2.24) is 24.9 Å². The second-order valence-electron chi connectivity index (χ2n) is 6.49. The summed E-state index contributed by atoms with van der Waals surface area (Å²) < 4.78 is 1.83. The molecule has 3 heterocycles. The molecule has 0 atom stereocenters. The van der Waals surface area contributed by atoms with Gasteiger partial charge in [-0.05, 0) is 26.7 Å². The second kappa shape index (κ2) is 6.22. The molecule has 0 saturated carbocycles. The van der Waals surface area contributed by atoms with Gasteiger partial charge in [-0.15, -0.1) is 0 Å². The van der Waals surface area contributed by atoms with Crippen molar-refractivity contribution in [1.29, 1.82) is 0 Å². The Morgan fingerprint density at radius 1 is 1.26 bits per heavy atom. The lowest BCUT2D eigenvalue weighted by Gasteiger charge is -2.36. The molecule has 1 aromatic heterocycles. The highest BCUT2D eigenvalue weighted by Crippen LogP contribution is 2.20. The van der Waals surface area contributed by atoms with Gasteiger partial charge in [-0.3, -0.25) is 9.48 Å². The third kappa shape index (κ3) is 3.04. The molecule has 7 heteroatoms. The Labute approximate surface area is 136 Å². The summed E-state index contributed by atoms with van der Waals surface area (Å²) in [5.41, 5.74) is 3.03. The summed E-state index contributed by atoms with van der Waals surface area (Å²) in [7, 11) is 1.91. The molecule has 0 radical (unpaired) electrons. The van der Waals surface area contributed by atoms with Gasteiger partial charge in [0.1, 0.15) is 0 Å². The summed E-state index contributed by atoms with van der Waals surface area (Å²) in [6, 6.07) is 0.305. The summed E-state index contributed by atoms with van der Waals surface area (Å²) in [6.07, 6.45) is 2.15. The average molecular weight is 319 g/mol. The Kier molecular flexibility index (Phi) is 4.28. The van der Waals surface area contributed by atoms with Crippen molar-refractivity contribution in [3.05, 3.63) is 17.0 Å². The minimum Gasteiger partial charge on any atom is -0.342 e. The topological polar surface area (TPSA) is 70.5 Å². The first-order valence-corrected chi connectivity index (χ1v) is 8.28. The van der Waals surface area contributed by atoms with Gasteiger partial charge in [-0.1, -0.05) is 0 Å². The van der Waals surface area contributed by atoms with Crippen LogP contribution in [-0.2, 0) is 18.3 Å². The summed E-state index contributed by atoms with van der Waals surface area (Å²) in [5, 5.41) is 7.22. The lowest BCUT2D eigenvalue weighted by Crippen LogP contribution is -2.48. The number of nitrogens with one attached hydrogen (secondary N) is 1. The number of likely N-dealkylation sites (tertiary alicyclic amines) is 1. The van der Waals surface area contributed by atoms with E-state index in [9.17, 15) is 9.59 Å². The molecule has 2 aliphatic heterocycles. The van der Waals surface area contributed by atoms with Gasteiger partial charge in [0.2, 0.25) is 5.91 Å². The summed E-state index contributed by atoms with van der Waals surface area (Å²) >= 11 is 0. The average Bonchev–Trinajstić information content (AvgIpc) is 3.06. The van der Waals surface area contributed by atoms with E-state index in [0.717, 1.165) is 56.0 Å². The number of rotatable bonds is 3. The minimum absolute atomic E-state index is 0.0383. The van der Waals surface area contributed by atoms with Crippen LogP contribution in [0.2, 0.25) is 0 Å². The lowest BCUT2D eigenvalue weighted by molar-refractivity contribution is -0.131. The Balaban J connectivity index is 1.57. The number of amides is 3. The zero-order valence-electron chi connectivity index (χ0n) is 14.1. The van der Waals surface area contributed by atoms with Gasteiger partial charge in [-0.25, -0.2) is 4.79 Å². The summed E-state index contributed by atoms with van der Waals surface area (Å²) in [6.45, 7) is 6.93. The third-order valence-corrected chi connectivity index (χ3v) is 5.13. The molecule has 0 unspecified atom stereocenters. The zero-order valence-corrected chi connectivity index (χ0v) is 14.1. The van der Waals surface area contributed by atoms with Crippen molar-refractivity contribution in [3.63, 3.8) is 0 Å². The lowest BCUT2D eigenvalue weighted by atomic mass is 10.0. The quantitative estimate of drug-likeness (QED) is 0.887. The van der Waals surface area contributed by atoms with Gasteiger partial charge in [-0.2, -0.15) is 5.10 Å². The molecular weight excluding hydrogens is 294 g/mol. The highest BCUT2D eigenvalue weighted by Gasteiger charge is 2.32. The van der Waals surface area contributed by atoms with Crippen molar-refractivity contribution in [2.75, 3.05) is 26.2 Å². The van der Waals surface area contributed by atoms with Crippen LogP contribution in [-0.4, -0.2) is 63.7 Å². The monoisotopic (exact) mass is 319 g/mol. The molecule has 0 bridgehead atoms. The first-order chi connectivity index (χ1) is 11.0. The number of carbonyl (C=O) groups excluding carboxylic acids is 2. The number of nitrogens with zero attached hydrogens (tertiary/aromatic N) is 4. The van der Waals surface area contributed by atoms with E-state index in [4.69, 9.17) is 0 Å². The number of carbonyl (C=O) groups is 2. The fourth-order valence-electron chi connectivity index (χ4n) is 3.60. The molecule has 1 aromatic rings. The molecule has 1 N–H and O–H groups in total. The third-order valence-electron chi connectivity index (χ3n) is 5.13. The maximum absolute atomic E-state index is 12.6. The van der Waals surface area contributed by atoms with E-state index in [1.807, 2.05) is 35.4 Å². The smallest absolute Gasteiger partial charge is 0.317 e.